The maximum Gasteiger partial charge on any atom is 0.492 e. The van der Waals surface area contributed by atoms with Crippen molar-refractivity contribution in [3.8, 4) is 0 Å². The van der Waals surface area contributed by atoms with Gasteiger partial charge in [0, 0.05) is 41.4 Å². The van der Waals surface area contributed by atoms with E-state index in [4.69, 9.17) is 18.8 Å². The molecule has 278 valence electrons. The lowest BCUT2D eigenvalue weighted by molar-refractivity contribution is 0.00578. The Morgan fingerprint density at radius 1 is 0.769 bits per heavy atom. The molecule has 0 radical (unpaired) electrons. The fraction of sp³-hybridized carbons (Fsp3) is 0.474. The zero-order chi connectivity index (χ0) is 38.1. The summed E-state index contributed by atoms with van der Waals surface area (Å²) in [4.78, 5) is 27.5. The number of hydrogen-bond donors (Lipinski definition) is 2. The maximum absolute atomic E-state index is 12.1. The Labute approximate surface area is 314 Å². The smallest absolute Gasteiger partial charge is 0.444 e. The summed E-state index contributed by atoms with van der Waals surface area (Å²) in [5.74, 6) is 0. The molecule has 3 aliphatic rings. The number of carbonyl (C=O) groups excluding carboxylic acids is 2. The number of carbonyl (C=O) groups is 2. The van der Waals surface area contributed by atoms with E-state index in [0.717, 1.165) is 42.9 Å². The molecule has 12 nitrogen and oxygen atoms in total. The van der Waals surface area contributed by atoms with E-state index in [-0.39, 0.29) is 30.5 Å². The molecular formula is C38H50BBrN6O6. The third-order valence-electron chi connectivity index (χ3n) is 8.94. The van der Waals surface area contributed by atoms with Crippen molar-refractivity contribution < 1.29 is 28.4 Å². The number of aromatic amines is 2. The van der Waals surface area contributed by atoms with Crippen molar-refractivity contribution in [1.82, 2.24) is 30.2 Å². The van der Waals surface area contributed by atoms with Gasteiger partial charge in [0.15, 0.2) is 0 Å². The van der Waals surface area contributed by atoms with Gasteiger partial charge in [-0.25, -0.2) is 9.59 Å². The largest absolute Gasteiger partial charge is 0.492 e. The van der Waals surface area contributed by atoms with Crippen molar-refractivity contribution in [3.63, 3.8) is 0 Å². The fourth-order valence-electron chi connectivity index (χ4n) is 5.48. The number of halogens is 1. The normalized spacial score (nSPS) is 18.0. The molecule has 1 saturated heterocycles. The first-order valence-electron chi connectivity index (χ1n) is 17.4. The lowest BCUT2D eigenvalue weighted by Gasteiger charge is -2.32. The highest BCUT2D eigenvalue weighted by Crippen LogP contribution is 2.39. The second-order valence-electron chi connectivity index (χ2n) is 16.1. The molecule has 0 atom stereocenters. The van der Waals surface area contributed by atoms with Crippen LogP contribution in [-0.4, -0.2) is 98.1 Å². The summed E-state index contributed by atoms with van der Waals surface area (Å²) in [7, 11) is -0.387. The average Bonchev–Trinajstić information content (AvgIpc) is 3.86. The van der Waals surface area contributed by atoms with E-state index in [1.807, 2.05) is 106 Å². The summed E-state index contributed by atoms with van der Waals surface area (Å²) in [6.07, 6.45) is 7.10. The highest BCUT2D eigenvalue weighted by Gasteiger charge is 2.53. The molecule has 2 aromatic carbocycles. The van der Waals surface area contributed by atoms with Crippen LogP contribution in [0.4, 0.5) is 9.59 Å². The van der Waals surface area contributed by atoms with E-state index in [1.165, 1.54) is 0 Å². The summed E-state index contributed by atoms with van der Waals surface area (Å²) in [5, 5.41) is 16.0. The van der Waals surface area contributed by atoms with Gasteiger partial charge >= 0.3 is 19.3 Å². The van der Waals surface area contributed by atoms with Crippen LogP contribution >= 0.6 is 15.9 Å². The van der Waals surface area contributed by atoms with Gasteiger partial charge in [-0.2, -0.15) is 10.2 Å². The Morgan fingerprint density at radius 2 is 1.27 bits per heavy atom. The van der Waals surface area contributed by atoms with Crippen LogP contribution in [0.1, 0.15) is 74.8 Å². The van der Waals surface area contributed by atoms with Gasteiger partial charge in [-0.3, -0.25) is 10.2 Å². The van der Waals surface area contributed by atoms with E-state index >= 15 is 0 Å². The van der Waals surface area contributed by atoms with E-state index < -0.39 is 11.2 Å². The third-order valence-corrected chi connectivity index (χ3v) is 9.44. The second kappa shape index (κ2) is 15.1. The van der Waals surface area contributed by atoms with Gasteiger partial charge in [-0.05, 0) is 104 Å². The number of nitrogens with one attached hydrogen (secondary N) is 2. The molecule has 7 rings (SSSR count). The van der Waals surface area contributed by atoms with Crippen LogP contribution in [0.2, 0.25) is 0 Å². The van der Waals surface area contributed by atoms with Gasteiger partial charge in [-0.1, -0.05) is 46.3 Å². The van der Waals surface area contributed by atoms with Gasteiger partial charge < -0.3 is 28.6 Å². The molecule has 0 aliphatic carbocycles. The van der Waals surface area contributed by atoms with Crippen LogP contribution < -0.4 is 0 Å². The summed E-state index contributed by atoms with van der Waals surface area (Å²) < 4.78 is 23.9. The summed E-state index contributed by atoms with van der Waals surface area (Å²) in [5.41, 5.74) is 3.63. The van der Waals surface area contributed by atoms with E-state index in [2.05, 4.69) is 54.5 Å². The molecule has 5 heterocycles. The molecule has 0 unspecified atom stereocenters. The number of benzene rings is 2. The zero-order valence-corrected chi connectivity index (χ0v) is 33.4. The molecule has 0 spiro atoms. The maximum atomic E-state index is 12.1. The first kappa shape index (κ1) is 39.1. The standard InChI is InChI=1S/C16H19N3O2.C15H26BNO4.C7H5BrN2/c1-16(2,3)21-15(20)19-7-6-13(10-19)11-4-5-12-9-17-18-14(12)8-11;1-13(2,3)19-12(18)17-9-8-11(10-17)16-20-14(4,5)15(6,7)21-16;8-6-2-1-5-4-9-10-7(5)3-6/h4-6,8-9H,7,10H2,1-3H3,(H,17,18);8H,9-10H2,1-7H3;1-4H,(H,9,10). The van der Waals surface area contributed by atoms with Crippen LogP contribution in [0.15, 0.2) is 70.9 Å². The van der Waals surface area contributed by atoms with E-state index in [0.29, 0.717) is 26.2 Å². The molecule has 3 aliphatic heterocycles. The first-order chi connectivity index (χ1) is 24.2. The number of nitrogens with zero attached hydrogens (tertiary/aromatic N) is 4. The molecule has 4 aromatic rings. The molecule has 14 heteroatoms. The molecular weight excluding hydrogens is 727 g/mol. The van der Waals surface area contributed by atoms with Gasteiger partial charge in [0.25, 0.3) is 0 Å². The quantitative estimate of drug-likeness (QED) is 0.194. The van der Waals surface area contributed by atoms with Crippen molar-refractivity contribution in [2.45, 2.75) is 91.6 Å². The Balaban J connectivity index is 0.000000160. The summed E-state index contributed by atoms with van der Waals surface area (Å²) >= 11 is 3.37. The minimum atomic E-state index is -0.482. The molecule has 1 fully saturated rings. The highest BCUT2D eigenvalue weighted by atomic mass is 79.9. The Bertz CT molecular complexity index is 1950. The third kappa shape index (κ3) is 9.84. The molecule has 2 amide bonds. The predicted octanol–water partition coefficient (Wildman–Crippen LogP) is 8.32. The Hall–Kier alpha value is -4.14. The van der Waals surface area contributed by atoms with Crippen molar-refractivity contribution in [3.05, 3.63) is 76.5 Å². The SMILES string of the molecule is Brc1ccc2cn[nH]c2c1.CC(C)(C)OC(=O)N1CC=C(B2OC(C)(C)C(C)(C)O2)C1.CC(C)(C)OC(=O)N1CC=C(c2ccc3cn[nH]c3c2)C1. The molecule has 2 aromatic heterocycles. The van der Waals surface area contributed by atoms with Crippen molar-refractivity contribution in [1.29, 1.82) is 0 Å². The Morgan fingerprint density at radius 3 is 1.83 bits per heavy atom. The number of aromatic nitrogens is 4. The van der Waals surface area contributed by atoms with E-state index in [9.17, 15) is 9.59 Å². The minimum Gasteiger partial charge on any atom is -0.444 e. The molecule has 0 saturated carbocycles. The number of ether oxygens (including phenoxy) is 2. The number of amides is 2. The van der Waals surface area contributed by atoms with Crippen molar-refractivity contribution in [2.75, 3.05) is 26.2 Å². The van der Waals surface area contributed by atoms with Crippen LogP contribution in [0.25, 0.3) is 27.4 Å². The fourth-order valence-corrected chi connectivity index (χ4v) is 5.84. The summed E-state index contributed by atoms with van der Waals surface area (Å²) in [6, 6.07) is 12.2. The Kier molecular flexibility index (Phi) is 11.3. The molecule has 0 bridgehead atoms. The average molecular weight is 778 g/mol. The van der Waals surface area contributed by atoms with Crippen LogP contribution in [0, 0.1) is 0 Å². The lowest BCUT2D eigenvalue weighted by Crippen LogP contribution is -2.41. The number of H-pyrrole nitrogens is 2. The molecule has 52 heavy (non-hydrogen) atoms. The number of hydrogen-bond acceptors (Lipinski definition) is 8. The number of fused-ring (bicyclic) bond motifs is 2. The van der Waals surface area contributed by atoms with Crippen LogP contribution in [0.5, 0.6) is 0 Å². The minimum absolute atomic E-state index is 0.267. The van der Waals surface area contributed by atoms with E-state index in [1.54, 1.807) is 16.0 Å². The second-order valence-corrected chi connectivity index (χ2v) is 17.0. The monoisotopic (exact) mass is 776 g/mol. The first-order valence-corrected chi connectivity index (χ1v) is 18.2. The highest BCUT2D eigenvalue weighted by molar-refractivity contribution is 9.10. The summed E-state index contributed by atoms with van der Waals surface area (Å²) in [6.45, 7) is 21.5. The van der Waals surface area contributed by atoms with Gasteiger partial charge in [0.1, 0.15) is 11.2 Å². The zero-order valence-electron chi connectivity index (χ0n) is 31.8. The van der Waals surface area contributed by atoms with Gasteiger partial charge in [0.05, 0.1) is 34.6 Å². The van der Waals surface area contributed by atoms with Gasteiger partial charge in [-0.15, -0.1) is 0 Å². The van der Waals surface area contributed by atoms with Crippen LogP contribution in [0.3, 0.4) is 0 Å². The van der Waals surface area contributed by atoms with Crippen molar-refractivity contribution in [2.24, 2.45) is 0 Å². The lowest BCUT2D eigenvalue weighted by atomic mass is 9.79. The number of rotatable bonds is 2. The topological polar surface area (TPSA) is 135 Å². The van der Waals surface area contributed by atoms with Crippen molar-refractivity contribution >= 4 is 62.6 Å². The predicted molar refractivity (Wildman–Crippen MR) is 208 cm³/mol. The van der Waals surface area contributed by atoms with Crippen LogP contribution in [-0.2, 0) is 18.8 Å². The molecule has 2 N–H and O–H groups in total. The van der Waals surface area contributed by atoms with Gasteiger partial charge in [0.2, 0.25) is 0 Å².